The first-order valence-electron chi connectivity index (χ1n) is 12.2. The number of imidazole rings is 1. The van der Waals surface area contributed by atoms with Gasteiger partial charge in [0, 0.05) is 25.1 Å². The number of carbonyl (C=O) groups is 2. The van der Waals surface area contributed by atoms with E-state index in [0.29, 0.717) is 29.7 Å². The fourth-order valence-corrected chi connectivity index (χ4v) is 5.10. The molecule has 5 rings (SSSR count). The lowest BCUT2D eigenvalue weighted by molar-refractivity contribution is -0.119. The molecular formula is C29H29N3O3. The number of piperidine rings is 1. The van der Waals surface area contributed by atoms with Gasteiger partial charge in [0.05, 0.1) is 22.3 Å². The second-order valence-electron chi connectivity index (χ2n) is 9.09. The number of hydrogen-bond acceptors (Lipinski definition) is 3. The van der Waals surface area contributed by atoms with Gasteiger partial charge in [-0.15, -0.1) is 0 Å². The number of fused-ring (bicyclic) bond motifs is 1. The summed E-state index contributed by atoms with van der Waals surface area (Å²) in [6, 6.07) is 19.4. The molecule has 0 radical (unpaired) electrons. The lowest BCUT2D eigenvalue weighted by Gasteiger charge is -2.27. The van der Waals surface area contributed by atoms with Crippen molar-refractivity contribution in [3.8, 4) is 16.8 Å². The highest BCUT2D eigenvalue weighted by Gasteiger charge is 2.24. The molecule has 3 aromatic carbocycles. The number of amides is 1. The Labute approximate surface area is 204 Å². The molecule has 1 aromatic heterocycles. The SMILES string of the molecule is CCCc1nc2ccc(N3CCCCC3=O)cc2n1-c1ccc(-c2ccccc2)c(C(=O)O)c1C. The van der Waals surface area contributed by atoms with Crippen LogP contribution in [0, 0.1) is 6.92 Å². The monoisotopic (exact) mass is 467 g/mol. The molecule has 0 unspecified atom stereocenters. The van der Waals surface area contributed by atoms with E-state index in [2.05, 4.69) is 11.5 Å². The molecule has 178 valence electrons. The Balaban J connectivity index is 1.73. The summed E-state index contributed by atoms with van der Waals surface area (Å²) in [5.41, 5.74) is 5.94. The van der Waals surface area contributed by atoms with Gasteiger partial charge in [-0.25, -0.2) is 9.78 Å². The van der Waals surface area contributed by atoms with Crippen molar-refractivity contribution in [2.45, 2.75) is 46.0 Å². The topological polar surface area (TPSA) is 75.4 Å². The van der Waals surface area contributed by atoms with Crippen molar-refractivity contribution in [3.63, 3.8) is 0 Å². The van der Waals surface area contributed by atoms with E-state index in [1.165, 1.54) is 0 Å². The number of aromatic carboxylic acids is 1. The van der Waals surface area contributed by atoms with Gasteiger partial charge < -0.3 is 10.0 Å². The van der Waals surface area contributed by atoms with Gasteiger partial charge in [-0.05, 0) is 67.1 Å². The van der Waals surface area contributed by atoms with Gasteiger partial charge in [0.1, 0.15) is 5.82 Å². The zero-order chi connectivity index (χ0) is 24.5. The van der Waals surface area contributed by atoms with Crippen molar-refractivity contribution < 1.29 is 14.7 Å². The minimum atomic E-state index is -0.954. The fourth-order valence-electron chi connectivity index (χ4n) is 5.10. The zero-order valence-corrected chi connectivity index (χ0v) is 20.1. The summed E-state index contributed by atoms with van der Waals surface area (Å²) in [6.07, 6.45) is 4.16. The zero-order valence-electron chi connectivity index (χ0n) is 20.1. The summed E-state index contributed by atoms with van der Waals surface area (Å²) in [7, 11) is 0. The molecule has 1 aliphatic rings. The molecule has 35 heavy (non-hydrogen) atoms. The van der Waals surface area contributed by atoms with Gasteiger partial charge in [-0.3, -0.25) is 9.36 Å². The molecule has 0 spiro atoms. The largest absolute Gasteiger partial charge is 0.478 e. The molecule has 1 saturated heterocycles. The van der Waals surface area contributed by atoms with Gasteiger partial charge in [-0.1, -0.05) is 43.3 Å². The number of carbonyl (C=O) groups excluding carboxylic acids is 1. The highest BCUT2D eigenvalue weighted by atomic mass is 16.4. The van der Waals surface area contributed by atoms with Crippen LogP contribution in [0.1, 0.15) is 54.4 Å². The van der Waals surface area contributed by atoms with E-state index in [4.69, 9.17) is 4.98 Å². The van der Waals surface area contributed by atoms with Crippen LogP contribution in [-0.2, 0) is 11.2 Å². The lowest BCUT2D eigenvalue weighted by atomic mass is 9.94. The van der Waals surface area contributed by atoms with E-state index in [-0.39, 0.29) is 5.91 Å². The maximum atomic E-state index is 12.6. The average molecular weight is 468 g/mol. The Morgan fingerprint density at radius 3 is 2.57 bits per heavy atom. The number of rotatable bonds is 6. The number of benzene rings is 3. The Bertz CT molecular complexity index is 1420. The van der Waals surface area contributed by atoms with E-state index >= 15 is 0 Å². The highest BCUT2D eigenvalue weighted by Crippen LogP contribution is 2.34. The molecular weight excluding hydrogens is 438 g/mol. The molecule has 0 saturated carbocycles. The number of nitrogens with zero attached hydrogens (tertiary/aromatic N) is 3. The third kappa shape index (κ3) is 4.09. The van der Waals surface area contributed by atoms with Crippen LogP contribution in [0.5, 0.6) is 0 Å². The van der Waals surface area contributed by atoms with Gasteiger partial charge in [0.25, 0.3) is 0 Å². The van der Waals surface area contributed by atoms with Crippen LogP contribution in [-0.4, -0.2) is 33.1 Å². The highest BCUT2D eigenvalue weighted by molar-refractivity contribution is 5.99. The van der Waals surface area contributed by atoms with Gasteiger partial charge in [0.15, 0.2) is 0 Å². The van der Waals surface area contributed by atoms with Crippen molar-refractivity contribution in [1.82, 2.24) is 9.55 Å². The van der Waals surface area contributed by atoms with E-state index in [1.807, 2.05) is 72.5 Å². The Morgan fingerprint density at radius 2 is 1.86 bits per heavy atom. The maximum Gasteiger partial charge on any atom is 0.336 e. The summed E-state index contributed by atoms with van der Waals surface area (Å²) in [5.74, 6) is 0.0767. The summed E-state index contributed by atoms with van der Waals surface area (Å²) in [5, 5.41) is 10.2. The van der Waals surface area contributed by atoms with E-state index in [1.54, 1.807) is 0 Å². The van der Waals surface area contributed by atoms with E-state index in [9.17, 15) is 14.7 Å². The second kappa shape index (κ2) is 9.37. The molecule has 2 heterocycles. The van der Waals surface area contributed by atoms with Crippen molar-refractivity contribution in [2.24, 2.45) is 0 Å². The van der Waals surface area contributed by atoms with Gasteiger partial charge in [-0.2, -0.15) is 0 Å². The number of aromatic nitrogens is 2. The number of anilines is 1. The van der Waals surface area contributed by atoms with Crippen LogP contribution in [0.3, 0.4) is 0 Å². The maximum absolute atomic E-state index is 12.6. The first-order chi connectivity index (χ1) is 17.0. The lowest BCUT2D eigenvalue weighted by Crippen LogP contribution is -2.35. The van der Waals surface area contributed by atoms with Crippen molar-refractivity contribution in [1.29, 1.82) is 0 Å². The summed E-state index contributed by atoms with van der Waals surface area (Å²) in [4.78, 5) is 31.8. The van der Waals surface area contributed by atoms with Crippen molar-refractivity contribution >= 4 is 28.6 Å². The molecule has 4 aromatic rings. The normalized spacial score (nSPS) is 14.0. The molecule has 1 N–H and O–H groups in total. The smallest absolute Gasteiger partial charge is 0.336 e. The van der Waals surface area contributed by atoms with Crippen LogP contribution >= 0.6 is 0 Å². The van der Waals surface area contributed by atoms with Crippen molar-refractivity contribution in [3.05, 3.63) is 77.6 Å². The molecule has 1 aliphatic heterocycles. The number of carboxylic acids is 1. The van der Waals surface area contributed by atoms with E-state index in [0.717, 1.165) is 59.5 Å². The average Bonchev–Trinajstić information content (AvgIpc) is 3.21. The van der Waals surface area contributed by atoms with Crippen LogP contribution in [0.15, 0.2) is 60.7 Å². The first kappa shape index (κ1) is 22.8. The van der Waals surface area contributed by atoms with Crippen LogP contribution in [0.4, 0.5) is 5.69 Å². The summed E-state index contributed by atoms with van der Waals surface area (Å²) < 4.78 is 2.08. The summed E-state index contributed by atoms with van der Waals surface area (Å²) >= 11 is 0. The minimum Gasteiger partial charge on any atom is -0.478 e. The minimum absolute atomic E-state index is 0.145. The second-order valence-corrected chi connectivity index (χ2v) is 9.09. The van der Waals surface area contributed by atoms with Crippen molar-refractivity contribution in [2.75, 3.05) is 11.4 Å². The molecule has 6 heteroatoms. The van der Waals surface area contributed by atoms with Gasteiger partial charge >= 0.3 is 5.97 Å². The van der Waals surface area contributed by atoms with Crippen LogP contribution in [0.25, 0.3) is 27.8 Å². The van der Waals surface area contributed by atoms with E-state index < -0.39 is 5.97 Å². The number of aryl methyl sites for hydroxylation is 1. The number of hydrogen-bond donors (Lipinski definition) is 1. The Kier molecular flexibility index (Phi) is 6.12. The molecule has 1 amide bonds. The predicted octanol–water partition coefficient (Wildman–Crippen LogP) is 6.17. The molecule has 0 atom stereocenters. The fraction of sp³-hybridized carbons (Fsp3) is 0.276. The molecule has 0 aliphatic carbocycles. The first-order valence-corrected chi connectivity index (χ1v) is 12.2. The van der Waals surface area contributed by atoms with Crippen LogP contribution in [0.2, 0.25) is 0 Å². The molecule has 1 fully saturated rings. The Hall–Kier alpha value is -3.93. The molecule has 6 nitrogen and oxygen atoms in total. The third-order valence-corrected chi connectivity index (χ3v) is 6.79. The predicted molar refractivity (Wildman–Crippen MR) is 138 cm³/mol. The summed E-state index contributed by atoms with van der Waals surface area (Å²) in [6.45, 7) is 4.69. The Morgan fingerprint density at radius 1 is 1.06 bits per heavy atom. The molecule has 0 bridgehead atoms. The van der Waals surface area contributed by atoms with Gasteiger partial charge in [0.2, 0.25) is 5.91 Å². The standard InChI is InChI=1S/C29H29N3O3/c1-3-9-26-30-23-15-13-21(31-17-8-7-12-27(31)33)18-25(23)32(26)24-16-14-22(20-10-5-4-6-11-20)28(19(24)2)29(34)35/h4-6,10-11,13-16,18H,3,7-9,12,17H2,1-2H3,(H,34,35). The third-order valence-electron chi connectivity index (χ3n) is 6.79. The quantitative estimate of drug-likeness (QED) is 0.368. The number of carboxylic acid groups (broad SMARTS) is 1. The van der Waals surface area contributed by atoms with Crippen LogP contribution < -0.4 is 4.90 Å².